The van der Waals surface area contributed by atoms with Gasteiger partial charge in [0.05, 0.1) is 21.2 Å². The quantitative estimate of drug-likeness (QED) is 0.910. The topological polar surface area (TPSA) is 66.5 Å². The molecule has 1 aromatic rings. The molecule has 116 valence electrons. The Morgan fingerprint density at radius 3 is 2.76 bits per heavy atom. The van der Waals surface area contributed by atoms with Gasteiger partial charge in [0.2, 0.25) is 0 Å². The monoisotopic (exact) mass is 330 g/mol. The SMILES string of the molecule is CCS(=O)(=O)c1ccc(Cl)c(C(=O)N(C)[C@H]2CCNC2)c1. The zero-order valence-electron chi connectivity index (χ0n) is 12.1. The fraction of sp³-hybridized carbons (Fsp3) is 0.500. The number of carbonyl (C=O) groups is 1. The summed E-state index contributed by atoms with van der Waals surface area (Å²) in [6.07, 6.45) is 0.882. The highest BCUT2D eigenvalue weighted by Crippen LogP contribution is 2.23. The Morgan fingerprint density at radius 1 is 1.48 bits per heavy atom. The highest BCUT2D eigenvalue weighted by molar-refractivity contribution is 7.91. The van der Waals surface area contributed by atoms with Gasteiger partial charge in [-0.1, -0.05) is 18.5 Å². The third-order valence-corrected chi connectivity index (χ3v) is 5.87. The molecule has 1 fully saturated rings. The van der Waals surface area contributed by atoms with Gasteiger partial charge in [-0.2, -0.15) is 0 Å². The molecule has 1 amide bonds. The summed E-state index contributed by atoms with van der Waals surface area (Å²) in [7, 11) is -1.64. The molecule has 1 atom stereocenters. The van der Waals surface area contributed by atoms with Gasteiger partial charge in [-0.3, -0.25) is 4.79 Å². The third-order valence-electron chi connectivity index (χ3n) is 3.81. The van der Waals surface area contributed by atoms with Gasteiger partial charge in [-0.15, -0.1) is 0 Å². The molecule has 0 aliphatic carbocycles. The van der Waals surface area contributed by atoms with Crippen molar-refractivity contribution in [3.05, 3.63) is 28.8 Å². The normalized spacial score (nSPS) is 18.7. The van der Waals surface area contributed by atoms with E-state index in [1.54, 1.807) is 18.9 Å². The molecule has 0 bridgehead atoms. The molecule has 1 aliphatic rings. The predicted octanol–water partition coefficient (Wildman–Crippen LogP) is 1.57. The minimum atomic E-state index is -3.36. The standard InChI is InChI=1S/C14H19ClN2O3S/c1-3-21(19,20)11-4-5-13(15)12(8-11)14(18)17(2)10-6-7-16-9-10/h4-5,8,10,16H,3,6-7,9H2,1-2H3/t10-/m0/s1. The van der Waals surface area contributed by atoms with Crippen molar-refractivity contribution in [1.29, 1.82) is 0 Å². The van der Waals surface area contributed by atoms with E-state index in [0.29, 0.717) is 0 Å². The molecule has 1 N–H and O–H groups in total. The summed E-state index contributed by atoms with van der Waals surface area (Å²) in [5.41, 5.74) is 0.237. The van der Waals surface area contributed by atoms with Crippen molar-refractivity contribution in [1.82, 2.24) is 10.2 Å². The zero-order chi connectivity index (χ0) is 15.6. The van der Waals surface area contributed by atoms with Crippen LogP contribution in [0.3, 0.4) is 0 Å². The van der Waals surface area contributed by atoms with Gasteiger partial charge in [-0.25, -0.2) is 8.42 Å². The second-order valence-electron chi connectivity index (χ2n) is 5.11. The number of benzene rings is 1. The maximum atomic E-state index is 12.5. The summed E-state index contributed by atoms with van der Waals surface area (Å²) in [6, 6.07) is 4.40. The lowest BCUT2D eigenvalue weighted by Gasteiger charge is -2.24. The average Bonchev–Trinajstić information content (AvgIpc) is 3.00. The zero-order valence-corrected chi connectivity index (χ0v) is 13.7. The first-order valence-corrected chi connectivity index (χ1v) is 8.90. The van der Waals surface area contributed by atoms with E-state index >= 15 is 0 Å². The van der Waals surface area contributed by atoms with E-state index in [1.807, 2.05) is 0 Å². The van der Waals surface area contributed by atoms with Gasteiger partial charge in [0.25, 0.3) is 5.91 Å². The minimum absolute atomic E-state index is 0.00928. The Bertz CT molecular complexity index is 640. The van der Waals surface area contributed by atoms with E-state index in [4.69, 9.17) is 11.6 Å². The maximum Gasteiger partial charge on any atom is 0.255 e. The summed E-state index contributed by atoms with van der Waals surface area (Å²) in [5.74, 6) is -0.258. The van der Waals surface area contributed by atoms with Crippen molar-refractivity contribution in [2.45, 2.75) is 24.3 Å². The van der Waals surface area contributed by atoms with Crippen molar-refractivity contribution in [2.24, 2.45) is 0 Å². The maximum absolute atomic E-state index is 12.5. The Hall–Kier alpha value is -1.11. The number of nitrogens with one attached hydrogen (secondary N) is 1. The van der Waals surface area contributed by atoms with E-state index in [-0.39, 0.29) is 33.2 Å². The Labute approximate surface area is 130 Å². The number of hydrogen-bond acceptors (Lipinski definition) is 4. The van der Waals surface area contributed by atoms with Crippen molar-refractivity contribution in [3.63, 3.8) is 0 Å². The average molecular weight is 331 g/mol. The molecule has 0 spiro atoms. The molecule has 0 unspecified atom stereocenters. The highest BCUT2D eigenvalue weighted by Gasteiger charge is 2.26. The number of halogens is 1. The third kappa shape index (κ3) is 3.39. The van der Waals surface area contributed by atoms with Crippen LogP contribution in [0.4, 0.5) is 0 Å². The van der Waals surface area contributed by atoms with Gasteiger partial charge in [0.1, 0.15) is 0 Å². The van der Waals surface area contributed by atoms with Crippen LogP contribution >= 0.6 is 11.6 Å². The molecule has 1 aromatic carbocycles. The van der Waals surface area contributed by atoms with Crippen LogP contribution in [0.5, 0.6) is 0 Å². The van der Waals surface area contributed by atoms with E-state index < -0.39 is 9.84 Å². The number of amides is 1. The fourth-order valence-corrected chi connectivity index (χ4v) is 3.46. The second kappa shape index (κ2) is 6.34. The van der Waals surface area contributed by atoms with Gasteiger partial charge < -0.3 is 10.2 Å². The van der Waals surface area contributed by atoms with E-state index in [1.165, 1.54) is 18.2 Å². The first kappa shape index (κ1) is 16.3. The number of rotatable bonds is 4. The first-order valence-electron chi connectivity index (χ1n) is 6.87. The lowest BCUT2D eigenvalue weighted by molar-refractivity contribution is 0.0743. The van der Waals surface area contributed by atoms with Crippen LogP contribution in [0, 0.1) is 0 Å². The van der Waals surface area contributed by atoms with Crippen LogP contribution in [-0.4, -0.2) is 51.2 Å². The smallest absolute Gasteiger partial charge is 0.255 e. The lowest BCUT2D eigenvalue weighted by atomic mass is 10.1. The van der Waals surface area contributed by atoms with E-state index in [9.17, 15) is 13.2 Å². The summed E-state index contributed by atoms with van der Waals surface area (Å²) < 4.78 is 23.9. The van der Waals surface area contributed by atoms with E-state index in [2.05, 4.69) is 5.32 Å². The van der Waals surface area contributed by atoms with Gasteiger partial charge >= 0.3 is 0 Å². The van der Waals surface area contributed by atoms with Crippen molar-refractivity contribution >= 4 is 27.3 Å². The molecule has 0 radical (unpaired) electrons. The minimum Gasteiger partial charge on any atom is -0.337 e. The molecule has 2 rings (SSSR count). The van der Waals surface area contributed by atoms with Crippen LogP contribution in [-0.2, 0) is 9.84 Å². The van der Waals surface area contributed by atoms with Crippen LogP contribution in [0.2, 0.25) is 5.02 Å². The largest absolute Gasteiger partial charge is 0.337 e. The summed E-state index contributed by atoms with van der Waals surface area (Å²) >= 11 is 6.08. The number of sulfone groups is 1. The summed E-state index contributed by atoms with van der Waals surface area (Å²) in [6.45, 7) is 3.19. The number of hydrogen-bond donors (Lipinski definition) is 1. The first-order chi connectivity index (χ1) is 9.86. The Kier molecular flexibility index (Phi) is 4.91. The van der Waals surface area contributed by atoms with Gasteiger partial charge in [-0.05, 0) is 31.2 Å². The summed E-state index contributed by atoms with van der Waals surface area (Å²) in [4.78, 5) is 14.3. The fourth-order valence-electron chi connectivity index (χ4n) is 2.35. The molecule has 1 heterocycles. The molecule has 0 aromatic heterocycles. The Morgan fingerprint density at radius 2 is 2.19 bits per heavy atom. The summed E-state index contributed by atoms with van der Waals surface area (Å²) in [5, 5.41) is 3.47. The number of likely N-dealkylation sites (N-methyl/N-ethyl adjacent to an activating group) is 1. The number of nitrogens with zero attached hydrogens (tertiary/aromatic N) is 1. The van der Waals surface area contributed by atoms with Crippen LogP contribution in [0.25, 0.3) is 0 Å². The highest BCUT2D eigenvalue weighted by atomic mass is 35.5. The number of carbonyl (C=O) groups excluding carboxylic acids is 1. The lowest BCUT2D eigenvalue weighted by Crippen LogP contribution is -2.38. The van der Waals surface area contributed by atoms with Crippen molar-refractivity contribution in [3.8, 4) is 0 Å². The Balaban J connectivity index is 2.34. The molecule has 1 aliphatic heterocycles. The molecule has 5 nitrogen and oxygen atoms in total. The van der Waals surface area contributed by atoms with E-state index in [0.717, 1.165) is 19.5 Å². The molecule has 1 saturated heterocycles. The molecular formula is C14H19ClN2O3S. The van der Waals surface area contributed by atoms with Crippen molar-refractivity contribution < 1.29 is 13.2 Å². The molecular weight excluding hydrogens is 312 g/mol. The molecule has 0 saturated carbocycles. The second-order valence-corrected chi connectivity index (χ2v) is 7.79. The van der Waals surface area contributed by atoms with Crippen LogP contribution in [0.1, 0.15) is 23.7 Å². The predicted molar refractivity (Wildman–Crippen MR) is 82.5 cm³/mol. The van der Waals surface area contributed by atoms with Crippen LogP contribution < -0.4 is 5.32 Å². The van der Waals surface area contributed by atoms with Gasteiger partial charge in [0, 0.05) is 19.6 Å². The molecule has 21 heavy (non-hydrogen) atoms. The van der Waals surface area contributed by atoms with Crippen LogP contribution in [0.15, 0.2) is 23.1 Å². The molecule has 7 heteroatoms. The van der Waals surface area contributed by atoms with Gasteiger partial charge in [0.15, 0.2) is 9.84 Å². The van der Waals surface area contributed by atoms with Crippen molar-refractivity contribution in [2.75, 3.05) is 25.9 Å².